The van der Waals surface area contributed by atoms with Gasteiger partial charge in [-0.25, -0.2) is 4.98 Å². The van der Waals surface area contributed by atoms with Crippen molar-refractivity contribution in [2.24, 2.45) is 5.92 Å². The number of fused-ring (bicyclic) bond motifs is 5. The molecule has 0 aliphatic carbocycles. The van der Waals surface area contributed by atoms with Crippen molar-refractivity contribution in [2.75, 3.05) is 19.6 Å². The summed E-state index contributed by atoms with van der Waals surface area (Å²) in [6.45, 7) is 11.6. The molecule has 0 N–H and O–H groups in total. The summed E-state index contributed by atoms with van der Waals surface area (Å²) in [5.74, 6) is 1.70. The topological polar surface area (TPSA) is 49.8 Å². The zero-order chi connectivity index (χ0) is 19.3. The average Bonchev–Trinajstić information content (AvgIpc) is 3.06. The van der Waals surface area contributed by atoms with Crippen LogP contribution in [0.25, 0.3) is 5.65 Å². The fourth-order valence-electron chi connectivity index (χ4n) is 4.97. The smallest absolute Gasteiger partial charge is 0.138 e. The molecule has 3 aromatic rings. The van der Waals surface area contributed by atoms with Crippen molar-refractivity contribution in [2.45, 2.75) is 52.7 Å². The van der Waals surface area contributed by atoms with Gasteiger partial charge in [0.2, 0.25) is 0 Å². The van der Waals surface area contributed by atoms with Crippen LogP contribution >= 0.6 is 0 Å². The van der Waals surface area contributed by atoms with E-state index in [0.29, 0.717) is 6.04 Å². The Kier molecular flexibility index (Phi) is 4.48. The van der Waals surface area contributed by atoms with Gasteiger partial charge in [-0.05, 0) is 57.2 Å². The van der Waals surface area contributed by atoms with Gasteiger partial charge >= 0.3 is 0 Å². The summed E-state index contributed by atoms with van der Waals surface area (Å²) in [7, 11) is 0. The molecule has 3 fully saturated rings. The van der Waals surface area contributed by atoms with Gasteiger partial charge in [0, 0.05) is 56.7 Å². The maximum Gasteiger partial charge on any atom is 0.138 e. The van der Waals surface area contributed by atoms with Crippen LogP contribution in [0.4, 0.5) is 0 Å². The monoisotopic (exact) mass is 379 g/mol. The number of piperidine rings is 1. The molecule has 6 rings (SSSR count). The summed E-state index contributed by atoms with van der Waals surface area (Å²) in [5.41, 5.74) is 5.79. The summed E-state index contributed by atoms with van der Waals surface area (Å²) in [5, 5.41) is 4.13. The Hall–Kier alpha value is -2.18. The van der Waals surface area contributed by atoms with Crippen LogP contribution < -0.4 is 0 Å². The molecular formula is C22H29N5O. The van der Waals surface area contributed by atoms with Crippen LogP contribution in [0.5, 0.6) is 0 Å². The molecule has 0 aromatic carbocycles. The first kappa shape index (κ1) is 17.9. The van der Waals surface area contributed by atoms with E-state index in [0.717, 1.165) is 42.7 Å². The van der Waals surface area contributed by atoms with E-state index in [1.807, 2.05) is 6.92 Å². The summed E-state index contributed by atoms with van der Waals surface area (Å²) in [6.07, 6.45) is 6.93. The predicted octanol–water partition coefficient (Wildman–Crippen LogP) is 3.34. The van der Waals surface area contributed by atoms with E-state index in [1.165, 1.54) is 42.8 Å². The predicted molar refractivity (Wildman–Crippen MR) is 108 cm³/mol. The molecule has 3 aliphatic heterocycles. The molecule has 3 saturated heterocycles. The Morgan fingerprint density at radius 2 is 2.00 bits per heavy atom. The van der Waals surface area contributed by atoms with E-state index < -0.39 is 0 Å². The van der Waals surface area contributed by atoms with Crippen molar-refractivity contribution in [1.29, 1.82) is 0 Å². The summed E-state index contributed by atoms with van der Waals surface area (Å²) in [4.78, 5) is 10.1. The molecule has 148 valence electrons. The molecule has 0 radical (unpaired) electrons. The number of hydrogen-bond acceptors (Lipinski definition) is 5. The number of aromatic nitrogens is 3. The zero-order valence-corrected chi connectivity index (χ0v) is 17.1. The fourth-order valence-corrected chi connectivity index (χ4v) is 4.97. The molecule has 6 heterocycles. The molecule has 28 heavy (non-hydrogen) atoms. The van der Waals surface area contributed by atoms with Crippen molar-refractivity contribution in [3.05, 3.63) is 52.8 Å². The molecule has 0 saturated carbocycles. The van der Waals surface area contributed by atoms with Gasteiger partial charge in [-0.1, -0.05) is 5.16 Å². The van der Waals surface area contributed by atoms with Crippen LogP contribution in [0.2, 0.25) is 0 Å². The molecular weight excluding hydrogens is 350 g/mol. The van der Waals surface area contributed by atoms with Crippen LogP contribution in [-0.4, -0.2) is 50.0 Å². The Balaban J connectivity index is 1.32. The number of pyridine rings is 1. The fraction of sp³-hybridized carbons (Fsp3) is 0.545. The third-order valence-electron chi connectivity index (χ3n) is 6.50. The normalized spacial score (nSPS) is 23.5. The van der Waals surface area contributed by atoms with Crippen LogP contribution in [0, 0.1) is 26.7 Å². The van der Waals surface area contributed by atoms with Crippen LogP contribution in [-0.2, 0) is 13.1 Å². The van der Waals surface area contributed by atoms with E-state index >= 15 is 0 Å². The molecule has 0 unspecified atom stereocenters. The highest BCUT2D eigenvalue weighted by Crippen LogP contribution is 2.30. The minimum atomic E-state index is 0.603. The maximum atomic E-state index is 5.38. The van der Waals surface area contributed by atoms with Crippen LogP contribution in [0.1, 0.15) is 41.1 Å². The molecule has 2 bridgehead atoms. The molecule has 6 heteroatoms. The molecule has 0 amide bonds. The van der Waals surface area contributed by atoms with Gasteiger partial charge in [-0.2, -0.15) is 0 Å². The van der Waals surface area contributed by atoms with E-state index in [1.54, 1.807) is 0 Å². The standard InChI is InChI=1S/C22H29N5O/c1-15-6-7-26-11-19(23-22(26)8-15)12-27-10-18-4-5-20(27)13-25(9-18)14-21-16(2)24-28-17(21)3/h6-8,11,18,20H,4-5,9-10,12-14H2,1-3H3/t18-,20+/m0/s1. The van der Waals surface area contributed by atoms with Gasteiger partial charge in [0.05, 0.1) is 11.4 Å². The Morgan fingerprint density at radius 1 is 1.11 bits per heavy atom. The zero-order valence-electron chi connectivity index (χ0n) is 17.1. The third kappa shape index (κ3) is 3.35. The third-order valence-corrected chi connectivity index (χ3v) is 6.50. The lowest BCUT2D eigenvalue weighted by molar-refractivity contribution is 0.122. The quantitative estimate of drug-likeness (QED) is 0.696. The lowest BCUT2D eigenvalue weighted by Gasteiger charge is -2.35. The molecule has 6 nitrogen and oxygen atoms in total. The molecule has 3 aromatic heterocycles. The van der Waals surface area contributed by atoms with E-state index in [4.69, 9.17) is 9.51 Å². The Labute approximate surface area is 166 Å². The number of aryl methyl sites for hydroxylation is 3. The Morgan fingerprint density at radius 3 is 2.82 bits per heavy atom. The van der Waals surface area contributed by atoms with Gasteiger partial charge in [0.25, 0.3) is 0 Å². The van der Waals surface area contributed by atoms with Crippen molar-refractivity contribution < 1.29 is 4.52 Å². The minimum Gasteiger partial charge on any atom is -0.361 e. The van der Waals surface area contributed by atoms with E-state index in [-0.39, 0.29) is 0 Å². The second kappa shape index (κ2) is 7.01. The lowest BCUT2D eigenvalue weighted by Crippen LogP contribution is -2.43. The molecule has 0 spiro atoms. The average molecular weight is 380 g/mol. The lowest BCUT2D eigenvalue weighted by atomic mass is 9.95. The molecule has 3 aliphatic rings. The second-order valence-corrected chi connectivity index (χ2v) is 8.73. The summed E-state index contributed by atoms with van der Waals surface area (Å²) >= 11 is 0. The van der Waals surface area contributed by atoms with Gasteiger partial charge in [0.1, 0.15) is 11.4 Å². The van der Waals surface area contributed by atoms with E-state index in [2.05, 4.69) is 57.7 Å². The highest BCUT2D eigenvalue weighted by molar-refractivity contribution is 5.42. The Bertz CT molecular complexity index is 971. The van der Waals surface area contributed by atoms with Crippen LogP contribution in [0.15, 0.2) is 29.0 Å². The number of nitrogens with zero attached hydrogens (tertiary/aromatic N) is 5. The molecule has 2 atom stereocenters. The van der Waals surface area contributed by atoms with Crippen molar-refractivity contribution in [3.8, 4) is 0 Å². The highest BCUT2D eigenvalue weighted by Gasteiger charge is 2.35. The first-order valence-corrected chi connectivity index (χ1v) is 10.4. The van der Waals surface area contributed by atoms with Crippen molar-refractivity contribution >= 4 is 5.65 Å². The van der Waals surface area contributed by atoms with Gasteiger partial charge in [-0.3, -0.25) is 9.80 Å². The number of rotatable bonds is 4. The van der Waals surface area contributed by atoms with Gasteiger partial charge < -0.3 is 8.92 Å². The van der Waals surface area contributed by atoms with Gasteiger partial charge in [-0.15, -0.1) is 0 Å². The minimum absolute atomic E-state index is 0.603. The summed E-state index contributed by atoms with van der Waals surface area (Å²) < 4.78 is 7.52. The van der Waals surface area contributed by atoms with Crippen molar-refractivity contribution in [3.63, 3.8) is 0 Å². The first-order chi connectivity index (χ1) is 13.5. The number of imidazole rings is 1. The SMILES string of the molecule is Cc1ccn2cc(CN3C[C@H]4CC[C@@H]3CN(Cc3c(C)noc3C)C4)nc2c1. The maximum absolute atomic E-state index is 5.38. The second-order valence-electron chi connectivity index (χ2n) is 8.73. The largest absolute Gasteiger partial charge is 0.361 e. The van der Waals surface area contributed by atoms with Gasteiger partial charge in [0.15, 0.2) is 0 Å². The summed E-state index contributed by atoms with van der Waals surface area (Å²) in [6, 6.07) is 4.90. The van der Waals surface area contributed by atoms with Crippen molar-refractivity contribution in [1.82, 2.24) is 24.3 Å². The number of hydrogen-bond donors (Lipinski definition) is 0. The highest BCUT2D eigenvalue weighted by atomic mass is 16.5. The van der Waals surface area contributed by atoms with E-state index in [9.17, 15) is 0 Å². The first-order valence-electron chi connectivity index (χ1n) is 10.4. The van der Waals surface area contributed by atoms with Crippen LogP contribution in [0.3, 0.4) is 0 Å².